The van der Waals surface area contributed by atoms with Crippen LogP contribution in [0.3, 0.4) is 0 Å². The van der Waals surface area contributed by atoms with Gasteiger partial charge in [-0.15, -0.1) is 0 Å². The van der Waals surface area contributed by atoms with Gasteiger partial charge in [0.2, 0.25) is 15.9 Å². The lowest BCUT2D eigenvalue weighted by atomic mass is 9.78. The van der Waals surface area contributed by atoms with Crippen molar-refractivity contribution in [3.05, 3.63) is 34.9 Å². The zero-order chi connectivity index (χ0) is 17.7. The highest BCUT2D eigenvalue weighted by molar-refractivity contribution is 7.90. The summed E-state index contributed by atoms with van der Waals surface area (Å²) in [6, 6.07) is 7.58. The zero-order valence-corrected chi connectivity index (χ0v) is 15.7. The molecule has 0 N–H and O–H groups in total. The van der Waals surface area contributed by atoms with Crippen molar-refractivity contribution in [1.29, 1.82) is 0 Å². The van der Waals surface area contributed by atoms with E-state index in [1.165, 1.54) is 0 Å². The Labute approximate surface area is 154 Å². The number of carbonyl (C=O) groups is 1. The Balaban J connectivity index is 1.39. The van der Waals surface area contributed by atoms with Crippen molar-refractivity contribution in [1.82, 2.24) is 9.21 Å². The molecule has 0 atom stereocenters. The number of piperidine rings is 1. The van der Waals surface area contributed by atoms with Gasteiger partial charge >= 0.3 is 0 Å². The predicted octanol–water partition coefficient (Wildman–Crippen LogP) is 2.65. The lowest BCUT2D eigenvalue weighted by Crippen LogP contribution is -2.45. The molecule has 1 aromatic carbocycles. The Morgan fingerprint density at radius 2 is 1.76 bits per heavy atom. The van der Waals surface area contributed by atoms with E-state index in [1.807, 2.05) is 29.2 Å². The summed E-state index contributed by atoms with van der Waals surface area (Å²) in [7, 11) is -3.09. The van der Waals surface area contributed by atoms with Gasteiger partial charge in [-0.05, 0) is 48.8 Å². The topological polar surface area (TPSA) is 57.7 Å². The van der Waals surface area contributed by atoms with Crippen LogP contribution in [-0.4, -0.2) is 48.4 Å². The Hall–Kier alpha value is -1.11. The van der Waals surface area contributed by atoms with Crippen LogP contribution in [0.25, 0.3) is 0 Å². The summed E-state index contributed by atoms with van der Waals surface area (Å²) in [5.41, 5.74) is 1.02. The van der Waals surface area contributed by atoms with Gasteiger partial charge in [0.15, 0.2) is 0 Å². The van der Waals surface area contributed by atoms with Gasteiger partial charge in [-0.3, -0.25) is 4.79 Å². The summed E-state index contributed by atoms with van der Waals surface area (Å²) in [5, 5.41) is 0.547. The lowest BCUT2D eigenvalue weighted by molar-refractivity contribution is -0.128. The summed E-state index contributed by atoms with van der Waals surface area (Å²) >= 11 is 5.92. The van der Waals surface area contributed by atoms with Crippen LogP contribution in [-0.2, 0) is 21.4 Å². The zero-order valence-electron chi connectivity index (χ0n) is 14.2. The van der Waals surface area contributed by atoms with E-state index in [4.69, 9.17) is 11.6 Å². The molecule has 0 aromatic heterocycles. The minimum Gasteiger partial charge on any atom is -0.338 e. The maximum absolute atomic E-state index is 12.5. The van der Waals surface area contributed by atoms with Gasteiger partial charge in [-0.2, -0.15) is 0 Å². The van der Waals surface area contributed by atoms with Crippen LogP contribution < -0.4 is 0 Å². The highest BCUT2D eigenvalue weighted by atomic mass is 35.5. The number of hydrogen-bond donors (Lipinski definition) is 0. The number of hydrogen-bond acceptors (Lipinski definition) is 3. The number of carbonyl (C=O) groups excluding carboxylic acids is 1. The molecule has 3 fully saturated rings. The molecule has 3 aliphatic rings. The highest BCUT2D eigenvalue weighted by Crippen LogP contribution is 2.43. The molecule has 7 heteroatoms. The standard InChI is InChI=1S/C18H23ClN2O3S/c19-15-3-1-14(2-4-15)12-20-13-18(11-17(20)22)7-9-21(10-8-18)25(23,24)16-5-6-16/h1-4,16H,5-13H2. The molecular weight excluding hydrogens is 360 g/mol. The average molecular weight is 383 g/mol. The molecule has 4 rings (SSSR count). The first-order chi connectivity index (χ1) is 11.9. The molecule has 5 nitrogen and oxygen atoms in total. The van der Waals surface area contributed by atoms with Crippen LogP contribution in [0.4, 0.5) is 0 Å². The van der Waals surface area contributed by atoms with Crippen LogP contribution in [0.5, 0.6) is 0 Å². The fourth-order valence-corrected chi connectivity index (χ4v) is 6.03. The molecule has 1 spiro atoms. The molecule has 25 heavy (non-hydrogen) atoms. The minimum atomic E-state index is -3.09. The summed E-state index contributed by atoms with van der Waals surface area (Å²) in [4.78, 5) is 14.4. The second-order valence-corrected chi connectivity index (χ2v) is 10.3. The molecule has 1 aromatic rings. The van der Waals surface area contributed by atoms with E-state index in [0.717, 1.165) is 37.8 Å². The fraction of sp³-hybridized carbons (Fsp3) is 0.611. The number of rotatable bonds is 4. The van der Waals surface area contributed by atoms with Crippen LogP contribution in [0.2, 0.25) is 5.02 Å². The lowest BCUT2D eigenvalue weighted by Gasteiger charge is -2.38. The normalized spacial score (nSPS) is 24.2. The molecule has 1 saturated carbocycles. The van der Waals surface area contributed by atoms with E-state index in [1.54, 1.807) is 4.31 Å². The summed E-state index contributed by atoms with van der Waals surface area (Å²) < 4.78 is 26.4. The van der Waals surface area contributed by atoms with E-state index < -0.39 is 10.0 Å². The van der Waals surface area contributed by atoms with Crippen molar-refractivity contribution >= 4 is 27.5 Å². The van der Waals surface area contributed by atoms with Crippen LogP contribution in [0.15, 0.2) is 24.3 Å². The molecular formula is C18H23ClN2O3S. The van der Waals surface area contributed by atoms with Crippen molar-refractivity contribution in [2.45, 2.75) is 43.9 Å². The number of benzene rings is 1. The van der Waals surface area contributed by atoms with Gasteiger partial charge in [0, 0.05) is 37.6 Å². The van der Waals surface area contributed by atoms with Crippen LogP contribution in [0.1, 0.15) is 37.7 Å². The molecule has 0 bridgehead atoms. The van der Waals surface area contributed by atoms with Crippen molar-refractivity contribution in [2.75, 3.05) is 19.6 Å². The number of amides is 1. The third-order valence-electron chi connectivity index (χ3n) is 5.78. The van der Waals surface area contributed by atoms with Crippen LogP contribution >= 0.6 is 11.6 Å². The average Bonchev–Trinajstić information content (AvgIpc) is 3.38. The van der Waals surface area contributed by atoms with Gasteiger partial charge in [0.05, 0.1) is 5.25 Å². The van der Waals surface area contributed by atoms with Crippen molar-refractivity contribution < 1.29 is 13.2 Å². The van der Waals surface area contributed by atoms with Crippen molar-refractivity contribution in [2.24, 2.45) is 5.41 Å². The minimum absolute atomic E-state index is 0.0565. The maximum atomic E-state index is 12.5. The highest BCUT2D eigenvalue weighted by Gasteiger charge is 2.48. The summed E-state index contributed by atoms with van der Waals surface area (Å²) in [5.74, 6) is 0.174. The summed E-state index contributed by atoms with van der Waals surface area (Å²) in [6.07, 6.45) is 3.70. The molecule has 2 aliphatic heterocycles. The Bertz CT molecular complexity index is 766. The monoisotopic (exact) mass is 382 g/mol. The van der Waals surface area contributed by atoms with Crippen LogP contribution in [0, 0.1) is 5.41 Å². The smallest absolute Gasteiger partial charge is 0.223 e. The Kier molecular flexibility index (Phi) is 4.33. The first-order valence-electron chi connectivity index (χ1n) is 8.89. The molecule has 136 valence electrons. The maximum Gasteiger partial charge on any atom is 0.223 e. The van der Waals surface area contributed by atoms with Gasteiger partial charge in [-0.25, -0.2) is 12.7 Å². The van der Waals surface area contributed by atoms with E-state index >= 15 is 0 Å². The first-order valence-corrected chi connectivity index (χ1v) is 10.8. The van der Waals surface area contributed by atoms with E-state index in [-0.39, 0.29) is 16.6 Å². The van der Waals surface area contributed by atoms with Crippen molar-refractivity contribution in [3.63, 3.8) is 0 Å². The Morgan fingerprint density at radius 1 is 1.12 bits per heavy atom. The van der Waals surface area contributed by atoms with E-state index in [9.17, 15) is 13.2 Å². The van der Waals surface area contributed by atoms with E-state index in [2.05, 4.69) is 0 Å². The fourth-order valence-electron chi connectivity index (χ4n) is 4.06. The number of halogens is 1. The molecule has 0 unspecified atom stereocenters. The number of nitrogens with zero attached hydrogens (tertiary/aromatic N) is 2. The first kappa shape index (κ1) is 17.3. The van der Waals surface area contributed by atoms with Gasteiger partial charge < -0.3 is 4.90 Å². The molecule has 2 heterocycles. The number of sulfonamides is 1. The van der Waals surface area contributed by atoms with Gasteiger partial charge in [0.25, 0.3) is 0 Å². The molecule has 0 radical (unpaired) electrons. The summed E-state index contributed by atoms with van der Waals surface area (Å²) in [6.45, 7) is 2.44. The largest absolute Gasteiger partial charge is 0.338 e. The van der Waals surface area contributed by atoms with Crippen molar-refractivity contribution in [3.8, 4) is 0 Å². The Morgan fingerprint density at radius 3 is 2.36 bits per heavy atom. The number of likely N-dealkylation sites (tertiary alicyclic amines) is 1. The molecule has 2 saturated heterocycles. The third kappa shape index (κ3) is 3.44. The predicted molar refractivity (Wildman–Crippen MR) is 96.7 cm³/mol. The second-order valence-electron chi connectivity index (χ2n) is 7.70. The molecule has 1 amide bonds. The quantitative estimate of drug-likeness (QED) is 0.804. The second kappa shape index (κ2) is 6.25. The van der Waals surface area contributed by atoms with Gasteiger partial charge in [0.1, 0.15) is 0 Å². The van der Waals surface area contributed by atoms with E-state index in [0.29, 0.717) is 31.1 Å². The third-order valence-corrected chi connectivity index (χ3v) is 8.43. The molecule has 1 aliphatic carbocycles. The van der Waals surface area contributed by atoms with Gasteiger partial charge in [-0.1, -0.05) is 23.7 Å². The SMILES string of the molecule is O=C1CC2(CCN(S(=O)(=O)C3CC3)CC2)CN1Cc1ccc(Cl)cc1.